The average Bonchev–Trinajstić information content (AvgIpc) is 3.18. The Morgan fingerprint density at radius 2 is 1.83 bits per heavy atom. The molecule has 29 heavy (non-hydrogen) atoms. The van der Waals surface area contributed by atoms with E-state index in [2.05, 4.69) is 11.0 Å². The van der Waals surface area contributed by atoms with E-state index in [-0.39, 0.29) is 12.7 Å². The third-order valence-electron chi connectivity index (χ3n) is 5.07. The Morgan fingerprint density at radius 3 is 2.59 bits per heavy atom. The van der Waals surface area contributed by atoms with Crippen molar-refractivity contribution in [3.05, 3.63) is 52.0 Å². The third kappa shape index (κ3) is 4.71. The molecule has 154 valence electrons. The van der Waals surface area contributed by atoms with Crippen LogP contribution >= 0.6 is 23.2 Å². The predicted molar refractivity (Wildman–Crippen MR) is 111 cm³/mol. The highest BCUT2D eigenvalue weighted by Crippen LogP contribution is 2.33. The molecule has 2 aromatic carbocycles. The summed E-state index contributed by atoms with van der Waals surface area (Å²) in [6.07, 6.45) is -0.617. The zero-order chi connectivity index (χ0) is 20.4. The fourth-order valence-corrected chi connectivity index (χ4v) is 3.95. The number of piperazine rings is 1. The van der Waals surface area contributed by atoms with Gasteiger partial charge in [0.15, 0.2) is 17.6 Å². The van der Waals surface area contributed by atoms with Crippen LogP contribution in [-0.2, 0) is 11.3 Å². The Hall–Kier alpha value is -2.15. The van der Waals surface area contributed by atoms with Crippen molar-refractivity contribution >= 4 is 29.1 Å². The minimum atomic E-state index is -0.617. The van der Waals surface area contributed by atoms with Crippen molar-refractivity contribution in [2.45, 2.75) is 19.6 Å². The van der Waals surface area contributed by atoms with E-state index in [9.17, 15) is 4.79 Å². The summed E-state index contributed by atoms with van der Waals surface area (Å²) in [5.74, 6) is 2.00. The molecule has 0 saturated carbocycles. The van der Waals surface area contributed by atoms with Gasteiger partial charge in [0.05, 0.1) is 5.02 Å². The number of nitrogens with zero attached hydrogens (tertiary/aromatic N) is 2. The lowest BCUT2D eigenvalue weighted by Gasteiger charge is -2.36. The number of benzene rings is 2. The Kier molecular flexibility index (Phi) is 6.04. The number of hydrogen-bond donors (Lipinski definition) is 0. The van der Waals surface area contributed by atoms with Crippen LogP contribution in [0.2, 0.25) is 10.0 Å². The molecule has 1 saturated heterocycles. The van der Waals surface area contributed by atoms with Crippen LogP contribution in [0.4, 0.5) is 0 Å². The number of rotatable bonds is 5. The lowest BCUT2D eigenvalue weighted by Crippen LogP contribution is -2.51. The van der Waals surface area contributed by atoms with Crippen molar-refractivity contribution in [2.24, 2.45) is 0 Å². The zero-order valence-electron chi connectivity index (χ0n) is 16.1. The molecule has 1 amide bonds. The number of halogens is 2. The van der Waals surface area contributed by atoms with Crippen LogP contribution in [-0.4, -0.2) is 54.8 Å². The molecule has 2 aliphatic heterocycles. The highest BCUT2D eigenvalue weighted by molar-refractivity contribution is 6.35. The van der Waals surface area contributed by atoms with E-state index >= 15 is 0 Å². The molecular weight excluding hydrogens is 415 g/mol. The van der Waals surface area contributed by atoms with Crippen molar-refractivity contribution in [1.82, 2.24) is 9.80 Å². The van der Waals surface area contributed by atoms with E-state index in [4.69, 9.17) is 37.4 Å². The molecule has 6 nitrogen and oxygen atoms in total. The summed E-state index contributed by atoms with van der Waals surface area (Å²) in [5, 5.41) is 0.922. The number of fused-ring (bicyclic) bond motifs is 1. The van der Waals surface area contributed by atoms with Gasteiger partial charge in [-0.25, -0.2) is 0 Å². The second kappa shape index (κ2) is 8.69. The smallest absolute Gasteiger partial charge is 0.263 e. The minimum absolute atomic E-state index is 0.0428. The van der Waals surface area contributed by atoms with Gasteiger partial charge in [-0.3, -0.25) is 9.69 Å². The van der Waals surface area contributed by atoms with E-state index in [0.29, 0.717) is 28.9 Å². The average molecular weight is 437 g/mol. The second-order valence-corrected chi connectivity index (χ2v) is 7.97. The summed E-state index contributed by atoms with van der Waals surface area (Å²) >= 11 is 12.0. The third-order valence-corrected chi connectivity index (χ3v) is 5.60. The monoisotopic (exact) mass is 436 g/mol. The maximum atomic E-state index is 12.8. The first-order chi connectivity index (χ1) is 14.0. The van der Waals surface area contributed by atoms with Gasteiger partial charge < -0.3 is 19.1 Å². The van der Waals surface area contributed by atoms with Crippen LogP contribution in [0, 0.1) is 0 Å². The number of ether oxygens (including phenoxy) is 3. The topological polar surface area (TPSA) is 51.2 Å². The van der Waals surface area contributed by atoms with E-state index in [1.165, 1.54) is 5.56 Å². The Labute approximate surface area is 179 Å². The molecule has 1 atom stereocenters. The quantitative estimate of drug-likeness (QED) is 0.712. The van der Waals surface area contributed by atoms with E-state index < -0.39 is 6.10 Å². The molecule has 0 spiro atoms. The summed E-state index contributed by atoms with van der Waals surface area (Å²) in [6.45, 7) is 5.75. The first-order valence-corrected chi connectivity index (χ1v) is 10.3. The molecule has 0 N–H and O–H groups in total. The van der Waals surface area contributed by atoms with Crippen molar-refractivity contribution in [1.29, 1.82) is 0 Å². The molecular formula is C21H22Cl2N2O4. The fourth-order valence-electron chi connectivity index (χ4n) is 3.49. The van der Waals surface area contributed by atoms with Crippen molar-refractivity contribution in [3.63, 3.8) is 0 Å². The molecule has 2 aliphatic rings. The molecule has 2 heterocycles. The number of carbonyl (C=O) groups is 1. The zero-order valence-corrected chi connectivity index (χ0v) is 17.6. The minimum Gasteiger partial charge on any atom is -0.479 e. The number of hydrogen-bond acceptors (Lipinski definition) is 5. The molecule has 4 rings (SSSR count). The van der Waals surface area contributed by atoms with Crippen LogP contribution in [0.5, 0.6) is 17.2 Å². The molecule has 0 radical (unpaired) electrons. The number of carbonyl (C=O) groups excluding carboxylic acids is 1. The van der Waals surface area contributed by atoms with Gasteiger partial charge in [0.25, 0.3) is 5.91 Å². The van der Waals surface area contributed by atoms with Crippen molar-refractivity contribution < 1.29 is 19.0 Å². The lowest BCUT2D eigenvalue weighted by atomic mass is 10.1. The predicted octanol–water partition coefficient (Wildman–Crippen LogP) is 3.83. The summed E-state index contributed by atoms with van der Waals surface area (Å²) in [4.78, 5) is 16.9. The van der Waals surface area contributed by atoms with Gasteiger partial charge in [0, 0.05) is 37.7 Å². The lowest BCUT2D eigenvalue weighted by molar-refractivity contribution is -0.139. The van der Waals surface area contributed by atoms with Crippen molar-refractivity contribution in [3.8, 4) is 17.2 Å². The van der Waals surface area contributed by atoms with Crippen LogP contribution < -0.4 is 14.2 Å². The van der Waals surface area contributed by atoms with Gasteiger partial charge in [-0.15, -0.1) is 0 Å². The number of amides is 1. The van der Waals surface area contributed by atoms with E-state index in [1.807, 2.05) is 17.0 Å². The normalized spacial score (nSPS) is 17.3. The Balaban J connectivity index is 1.29. The van der Waals surface area contributed by atoms with Gasteiger partial charge in [0.1, 0.15) is 5.75 Å². The summed E-state index contributed by atoms with van der Waals surface area (Å²) in [6, 6.07) is 11.0. The largest absolute Gasteiger partial charge is 0.479 e. The van der Waals surface area contributed by atoms with Crippen molar-refractivity contribution in [2.75, 3.05) is 33.0 Å². The highest BCUT2D eigenvalue weighted by Gasteiger charge is 2.27. The van der Waals surface area contributed by atoms with Crippen LogP contribution in [0.1, 0.15) is 12.5 Å². The molecule has 0 unspecified atom stereocenters. The van der Waals surface area contributed by atoms with Gasteiger partial charge in [0.2, 0.25) is 6.79 Å². The van der Waals surface area contributed by atoms with Crippen LogP contribution in [0.15, 0.2) is 36.4 Å². The van der Waals surface area contributed by atoms with Gasteiger partial charge in [-0.1, -0.05) is 29.3 Å². The SMILES string of the molecule is C[C@H](Oc1ccc(Cl)cc1Cl)C(=O)N1CCN(Cc2ccc3c(c2)OCO3)CC1. The highest BCUT2D eigenvalue weighted by atomic mass is 35.5. The van der Waals surface area contributed by atoms with Gasteiger partial charge in [-0.2, -0.15) is 0 Å². The van der Waals surface area contributed by atoms with Crippen LogP contribution in [0.3, 0.4) is 0 Å². The standard InChI is InChI=1S/C21H22Cl2N2O4/c1-14(29-18-5-3-16(22)11-17(18)23)21(26)25-8-6-24(7-9-25)12-15-2-4-19-20(10-15)28-13-27-19/h2-5,10-11,14H,6-9,12-13H2,1H3/t14-/m0/s1. The molecule has 1 fully saturated rings. The summed E-state index contributed by atoms with van der Waals surface area (Å²) in [7, 11) is 0. The van der Waals surface area contributed by atoms with E-state index in [1.54, 1.807) is 25.1 Å². The first-order valence-electron chi connectivity index (χ1n) is 9.51. The molecule has 2 aromatic rings. The Morgan fingerprint density at radius 1 is 1.07 bits per heavy atom. The van der Waals surface area contributed by atoms with Gasteiger partial charge in [-0.05, 0) is 42.8 Å². The van der Waals surface area contributed by atoms with Crippen LogP contribution in [0.25, 0.3) is 0 Å². The molecule has 0 bridgehead atoms. The first kappa shape index (κ1) is 20.1. The van der Waals surface area contributed by atoms with E-state index in [0.717, 1.165) is 31.1 Å². The van der Waals surface area contributed by atoms with Gasteiger partial charge >= 0.3 is 0 Å². The summed E-state index contributed by atoms with van der Waals surface area (Å²) < 4.78 is 16.6. The summed E-state index contributed by atoms with van der Waals surface area (Å²) in [5.41, 5.74) is 1.17. The second-order valence-electron chi connectivity index (χ2n) is 7.12. The molecule has 0 aliphatic carbocycles. The fraction of sp³-hybridized carbons (Fsp3) is 0.381. The maximum absolute atomic E-state index is 12.8. The maximum Gasteiger partial charge on any atom is 0.263 e. The molecule has 8 heteroatoms. The Bertz CT molecular complexity index is 900. The molecule has 0 aromatic heterocycles.